The number of hydrogen-bond donors (Lipinski definition) is 1. The molecular weight excluding hydrogens is 370 g/mol. The molecule has 2 aromatic carbocycles. The van der Waals surface area contributed by atoms with Gasteiger partial charge in [-0.15, -0.1) is 0 Å². The lowest BCUT2D eigenvalue weighted by molar-refractivity contribution is -0.385. The highest BCUT2D eigenvalue weighted by atomic mass is 16.6. The molecule has 2 aromatic rings. The first kappa shape index (κ1) is 22.1. The molecule has 1 atom stereocenters. The number of aryl methyl sites for hydroxylation is 1. The van der Waals surface area contributed by atoms with Crippen LogP contribution in [0.25, 0.3) is 0 Å². The van der Waals surface area contributed by atoms with Gasteiger partial charge < -0.3 is 10.2 Å². The van der Waals surface area contributed by atoms with E-state index in [1.165, 1.54) is 11.0 Å². The van der Waals surface area contributed by atoms with Gasteiger partial charge in [-0.1, -0.05) is 48.0 Å². The Balaban J connectivity index is 2.30. The van der Waals surface area contributed by atoms with Crippen LogP contribution < -0.4 is 5.32 Å². The van der Waals surface area contributed by atoms with Gasteiger partial charge in [0, 0.05) is 24.2 Å². The minimum absolute atomic E-state index is 0.0588. The Kier molecular flexibility index (Phi) is 7.47. The Morgan fingerprint density at radius 2 is 1.69 bits per heavy atom. The van der Waals surface area contributed by atoms with E-state index in [0.29, 0.717) is 5.56 Å². The van der Waals surface area contributed by atoms with E-state index in [1.54, 1.807) is 25.1 Å². The monoisotopic (exact) mass is 397 g/mol. The van der Waals surface area contributed by atoms with Crippen molar-refractivity contribution >= 4 is 17.5 Å². The van der Waals surface area contributed by atoms with Crippen LogP contribution in [0.1, 0.15) is 37.5 Å². The molecule has 154 valence electrons. The summed E-state index contributed by atoms with van der Waals surface area (Å²) in [5.41, 5.74) is 2.20. The quantitative estimate of drug-likeness (QED) is 0.546. The lowest BCUT2D eigenvalue weighted by Gasteiger charge is -2.29. The number of carbonyl (C=O) groups is 2. The van der Waals surface area contributed by atoms with E-state index < -0.39 is 11.0 Å². The molecule has 0 spiro atoms. The van der Waals surface area contributed by atoms with E-state index in [0.717, 1.165) is 11.1 Å². The predicted molar refractivity (Wildman–Crippen MR) is 111 cm³/mol. The highest BCUT2D eigenvalue weighted by molar-refractivity contribution is 5.88. The molecule has 1 N–H and O–H groups in total. The zero-order valence-electron chi connectivity index (χ0n) is 17.2. The Morgan fingerprint density at radius 3 is 2.28 bits per heavy atom. The summed E-state index contributed by atoms with van der Waals surface area (Å²) in [5, 5.41) is 14.1. The highest BCUT2D eigenvalue weighted by Crippen LogP contribution is 2.20. The zero-order chi connectivity index (χ0) is 21.6. The fourth-order valence-electron chi connectivity index (χ4n) is 2.98. The number of rotatable bonds is 8. The molecule has 0 aliphatic heterocycles. The maximum atomic E-state index is 13.1. The second-order valence-corrected chi connectivity index (χ2v) is 7.41. The summed E-state index contributed by atoms with van der Waals surface area (Å²) in [6, 6.07) is 13.1. The summed E-state index contributed by atoms with van der Waals surface area (Å²) in [4.78, 5) is 37.9. The van der Waals surface area contributed by atoms with Crippen LogP contribution in [0.2, 0.25) is 0 Å². The number of amides is 2. The van der Waals surface area contributed by atoms with Crippen LogP contribution in [0, 0.1) is 17.0 Å². The van der Waals surface area contributed by atoms with Crippen LogP contribution >= 0.6 is 0 Å². The van der Waals surface area contributed by atoms with Crippen molar-refractivity contribution in [3.05, 3.63) is 75.3 Å². The van der Waals surface area contributed by atoms with Crippen LogP contribution in [0.3, 0.4) is 0 Å². The Labute approximate surface area is 170 Å². The Bertz CT molecular complexity index is 878. The fraction of sp³-hybridized carbons (Fsp3) is 0.364. The molecule has 7 nitrogen and oxygen atoms in total. The maximum Gasteiger partial charge on any atom is 0.273 e. The predicted octanol–water partition coefficient (Wildman–Crippen LogP) is 3.39. The van der Waals surface area contributed by atoms with Crippen molar-refractivity contribution in [1.29, 1.82) is 0 Å². The molecule has 0 aliphatic rings. The number of nitro benzene ring substituents is 1. The molecule has 0 heterocycles. The molecule has 2 rings (SSSR count). The van der Waals surface area contributed by atoms with Crippen LogP contribution in [0.4, 0.5) is 5.69 Å². The van der Waals surface area contributed by atoms with Crippen molar-refractivity contribution in [3.8, 4) is 0 Å². The van der Waals surface area contributed by atoms with Gasteiger partial charge in [0.15, 0.2) is 0 Å². The number of nitrogens with one attached hydrogen (secondary N) is 1. The van der Waals surface area contributed by atoms with Crippen LogP contribution in [-0.2, 0) is 22.6 Å². The Morgan fingerprint density at radius 1 is 1.07 bits per heavy atom. The SMILES string of the molecule is Cc1ccc(CN(C(=O)Cc2ccccc2[N+](=O)[O-])[C@H](C)C(=O)NC(C)C)cc1. The van der Waals surface area contributed by atoms with Gasteiger partial charge >= 0.3 is 0 Å². The number of para-hydroxylation sites is 1. The van der Waals surface area contributed by atoms with Crippen LogP contribution in [-0.4, -0.2) is 33.7 Å². The lowest BCUT2D eigenvalue weighted by atomic mass is 10.1. The van der Waals surface area contributed by atoms with E-state index in [-0.39, 0.29) is 36.5 Å². The van der Waals surface area contributed by atoms with Crippen LogP contribution in [0.15, 0.2) is 48.5 Å². The maximum absolute atomic E-state index is 13.1. The molecule has 0 aromatic heterocycles. The average molecular weight is 397 g/mol. The van der Waals surface area contributed by atoms with E-state index in [9.17, 15) is 19.7 Å². The summed E-state index contributed by atoms with van der Waals surface area (Å²) < 4.78 is 0. The molecule has 0 radical (unpaired) electrons. The largest absolute Gasteiger partial charge is 0.352 e. The Hall–Kier alpha value is -3.22. The summed E-state index contributed by atoms with van der Waals surface area (Å²) in [7, 11) is 0. The third kappa shape index (κ3) is 6.14. The topological polar surface area (TPSA) is 92.6 Å². The number of carbonyl (C=O) groups excluding carboxylic acids is 2. The number of hydrogen-bond acceptors (Lipinski definition) is 4. The highest BCUT2D eigenvalue weighted by Gasteiger charge is 2.28. The minimum Gasteiger partial charge on any atom is -0.352 e. The first-order valence-corrected chi connectivity index (χ1v) is 9.56. The van der Waals surface area contributed by atoms with E-state index in [2.05, 4.69) is 5.32 Å². The van der Waals surface area contributed by atoms with Crippen molar-refractivity contribution in [2.45, 2.75) is 52.7 Å². The van der Waals surface area contributed by atoms with Crippen LogP contribution in [0.5, 0.6) is 0 Å². The first-order chi connectivity index (χ1) is 13.7. The minimum atomic E-state index is -0.714. The number of nitrogens with zero attached hydrogens (tertiary/aromatic N) is 2. The summed E-state index contributed by atoms with van der Waals surface area (Å²) >= 11 is 0. The number of nitro groups is 1. The normalized spacial score (nSPS) is 11.8. The third-order valence-corrected chi connectivity index (χ3v) is 4.60. The van der Waals surface area contributed by atoms with Gasteiger partial charge in [0.1, 0.15) is 6.04 Å². The molecule has 0 saturated heterocycles. The van der Waals surface area contributed by atoms with Gasteiger partial charge in [0.2, 0.25) is 11.8 Å². The van der Waals surface area contributed by atoms with Gasteiger partial charge in [-0.3, -0.25) is 19.7 Å². The smallest absolute Gasteiger partial charge is 0.273 e. The van der Waals surface area contributed by atoms with Gasteiger partial charge in [0.05, 0.1) is 11.3 Å². The second-order valence-electron chi connectivity index (χ2n) is 7.41. The molecule has 0 saturated carbocycles. The zero-order valence-corrected chi connectivity index (χ0v) is 17.2. The van der Waals surface area contributed by atoms with E-state index in [4.69, 9.17) is 0 Å². The molecule has 0 bridgehead atoms. The van der Waals surface area contributed by atoms with Crippen molar-refractivity contribution in [2.24, 2.45) is 0 Å². The van der Waals surface area contributed by atoms with E-state index in [1.807, 2.05) is 45.0 Å². The van der Waals surface area contributed by atoms with Crippen molar-refractivity contribution in [2.75, 3.05) is 0 Å². The summed E-state index contributed by atoms with van der Waals surface area (Å²) in [6.07, 6.45) is -0.150. The fourth-order valence-corrected chi connectivity index (χ4v) is 2.98. The standard InChI is InChI=1S/C22H27N3O4/c1-15(2)23-22(27)17(4)24(14-18-11-9-16(3)10-12-18)21(26)13-19-7-5-6-8-20(19)25(28)29/h5-12,15,17H,13-14H2,1-4H3,(H,23,27)/t17-/m1/s1. The third-order valence-electron chi connectivity index (χ3n) is 4.60. The molecule has 29 heavy (non-hydrogen) atoms. The molecule has 0 aliphatic carbocycles. The van der Waals surface area contributed by atoms with E-state index >= 15 is 0 Å². The molecule has 2 amide bonds. The molecule has 0 unspecified atom stereocenters. The van der Waals surface area contributed by atoms with Gasteiger partial charge in [-0.05, 0) is 33.3 Å². The summed E-state index contributed by atoms with van der Waals surface area (Å²) in [5.74, 6) is -0.602. The second kappa shape index (κ2) is 9.82. The van der Waals surface area contributed by atoms with Crippen molar-refractivity contribution in [3.63, 3.8) is 0 Å². The van der Waals surface area contributed by atoms with Gasteiger partial charge in [0.25, 0.3) is 5.69 Å². The van der Waals surface area contributed by atoms with Gasteiger partial charge in [-0.2, -0.15) is 0 Å². The molecular formula is C22H27N3O4. The van der Waals surface area contributed by atoms with Crippen molar-refractivity contribution < 1.29 is 14.5 Å². The van der Waals surface area contributed by atoms with Gasteiger partial charge in [-0.25, -0.2) is 0 Å². The first-order valence-electron chi connectivity index (χ1n) is 9.56. The molecule has 7 heteroatoms. The summed E-state index contributed by atoms with van der Waals surface area (Å²) in [6.45, 7) is 7.59. The lowest BCUT2D eigenvalue weighted by Crippen LogP contribution is -2.49. The number of benzene rings is 2. The average Bonchev–Trinajstić information content (AvgIpc) is 2.66. The molecule has 0 fully saturated rings. The van der Waals surface area contributed by atoms with Crippen molar-refractivity contribution in [1.82, 2.24) is 10.2 Å².